The summed E-state index contributed by atoms with van der Waals surface area (Å²) in [7, 11) is 0. The van der Waals surface area contributed by atoms with Crippen LogP contribution in [0.5, 0.6) is 0 Å². The lowest BCUT2D eigenvalue weighted by Crippen LogP contribution is -2.35. The number of amides is 1. The molecule has 1 aromatic heterocycles. The fraction of sp³-hybridized carbons (Fsp3) is 0.625. The molecule has 2 heterocycles. The van der Waals surface area contributed by atoms with Gasteiger partial charge in [0.25, 0.3) is 0 Å². The maximum absolute atomic E-state index is 11.6. The molecule has 1 saturated heterocycles. The minimum absolute atomic E-state index is 0.132. The number of hydrogen-bond acceptors (Lipinski definition) is 6. The molecule has 9 heteroatoms. The Bertz CT molecular complexity index is 406. The van der Waals surface area contributed by atoms with Crippen LogP contribution in [0, 0.1) is 0 Å². The number of aliphatic carboxylic acids is 1. The molecule has 0 bridgehead atoms. The number of carboxylic acid groups (broad SMARTS) is 1. The molecule has 0 radical (unpaired) electrons. The largest absolute Gasteiger partial charge is 0.479 e. The molecule has 0 saturated carbocycles. The first-order chi connectivity index (χ1) is 8.16. The summed E-state index contributed by atoms with van der Waals surface area (Å²) in [5.74, 6) is -1.05. The van der Waals surface area contributed by atoms with Crippen molar-refractivity contribution in [2.75, 3.05) is 0 Å². The number of carbonyl (C=O) groups excluding carboxylic acids is 1. The molecular formula is C8H11N5O4. The Kier molecular flexibility index (Phi) is 3.28. The van der Waals surface area contributed by atoms with Gasteiger partial charge in [-0.05, 0) is 12.8 Å². The third-order valence-corrected chi connectivity index (χ3v) is 2.40. The molecule has 1 aliphatic rings. The molecule has 1 aliphatic heterocycles. The second kappa shape index (κ2) is 4.87. The van der Waals surface area contributed by atoms with E-state index in [9.17, 15) is 9.59 Å². The number of hydrogen-bond donors (Lipinski definition) is 3. The van der Waals surface area contributed by atoms with Crippen LogP contribution in [0.2, 0.25) is 0 Å². The number of aromatic nitrogens is 4. The number of nitrogens with zero attached hydrogens (tertiary/aromatic N) is 3. The molecular weight excluding hydrogens is 230 g/mol. The van der Waals surface area contributed by atoms with Crippen molar-refractivity contribution in [3.8, 4) is 0 Å². The van der Waals surface area contributed by atoms with Crippen LogP contribution in [0.15, 0.2) is 0 Å². The number of nitrogens with one attached hydrogen (secondary N) is 2. The Morgan fingerprint density at radius 3 is 2.82 bits per heavy atom. The van der Waals surface area contributed by atoms with Crippen LogP contribution in [-0.4, -0.2) is 49.8 Å². The quantitative estimate of drug-likeness (QED) is 0.581. The molecule has 1 fully saturated rings. The molecule has 9 nitrogen and oxygen atoms in total. The Hall–Kier alpha value is -2.03. The van der Waals surface area contributed by atoms with E-state index in [1.807, 2.05) is 0 Å². The van der Waals surface area contributed by atoms with Crippen LogP contribution in [0.1, 0.15) is 18.7 Å². The molecule has 0 aliphatic carbocycles. The predicted molar refractivity (Wildman–Crippen MR) is 51.6 cm³/mol. The minimum atomic E-state index is -1.04. The summed E-state index contributed by atoms with van der Waals surface area (Å²) in [6, 6.07) is 0. The molecule has 2 atom stereocenters. The average molecular weight is 241 g/mol. The van der Waals surface area contributed by atoms with Gasteiger partial charge < -0.3 is 15.2 Å². The first-order valence-corrected chi connectivity index (χ1v) is 5.05. The number of rotatable bonds is 4. The third-order valence-electron chi connectivity index (χ3n) is 2.40. The van der Waals surface area contributed by atoms with Gasteiger partial charge in [0.2, 0.25) is 5.91 Å². The maximum Gasteiger partial charge on any atom is 0.332 e. The van der Waals surface area contributed by atoms with Gasteiger partial charge in [0, 0.05) is 0 Å². The van der Waals surface area contributed by atoms with Crippen molar-refractivity contribution in [1.82, 2.24) is 25.9 Å². The van der Waals surface area contributed by atoms with Gasteiger partial charge >= 0.3 is 5.97 Å². The van der Waals surface area contributed by atoms with Gasteiger partial charge in [0.15, 0.2) is 11.9 Å². The Balaban J connectivity index is 1.79. The fourth-order valence-electron chi connectivity index (χ4n) is 1.55. The Morgan fingerprint density at radius 1 is 1.47 bits per heavy atom. The lowest BCUT2D eigenvalue weighted by molar-refractivity contribution is -0.151. The van der Waals surface area contributed by atoms with Crippen LogP contribution >= 0.6 is 0 Å². The first kappa shape index (κ1) is 11.5. The predicted octanol–water partition coefficient (Wildman–Crippen LogP) is -1.55. The van der Waals surface area contributed by atoms with Crippen LogP contribution in [0.4, 0.5) is 0 Å². The Labute approximate surface area is 95.5 Å². The van der Waals surface area contributed by atoms with E-state index in [4.69, 9.17) is 9.84 Å². The topological polar surface area (TPSA) is 130 Å². The van der Waals surface area contributed by atoms with Crippen molar-refractivity contribution in [2.24, 2.45) is 0 Å². The molecule has 0 unspecified atom stereocenters. The van der Waals surface area contributed by atoms with Gasteiger partial charge in [-0.2, -0.15) is 5.21 Å². The first-order valence-electron chi connectivity index (χ1n) is 5.05. The minimum Gasteiger partial charge on any atom is -0.479 e. The van der Waals surface area contributed by atoms with Crippen LogP contribution in [0.25, 0.3) is 0 Å². The van der Waals surface area contributed by atoms with Crippen LogP contribution in [-0.2, 0) is 20.9 Å². The number of carboxylic acids is 1. The van der Waals surface area contributed by atoms with Gasteiger partial charge in [0.05, 0.1) is 6.54 Å². The average Bonchev–Trinajstić information content (AvgIpc) is 2.96. The number of H-pyrrole nitrogens is 1. The fourth-order valence-corrected chi connectivity index (χ4v) is 1.55. The SMILES string of the molecule is O=C(NCc1nn[nH]n1)[C@@H]1CC[C@H](C(=O)O)O1. The molecule has 3 N–H and O–H groups in total. The van der Waals surface area contributed by atoms with Gasteiger partial charge in [-0.15, -0.1) is 10.2 Å². The van der Waals surface area contributed by atoms with Crippen molar-refractivity contribution in [2.45, 2.75) is 31.6 Å². The zero-order valence-electron chi connectivity index (χ0n) is 8.79. The molecule has 2 rings (SSSR count). The zero-order valence-corrected chi connectivity index (χ0v) is 8.79. The van der Waals surface area contributed by atoms with E-state index in [-0.39, 0.29) is 12.5 Å². The third kappa shape index (κ3) is 2.75. The highest BCUT2D eigenvalue weighted by Crippen LogP contribution is 2.19. The van der Waals surface area contributed by atoms with Crippen molar-refractivity contribution in [3.63, 3.8) is 0 Å². The lowest BCUT2D eigenvalue weighted by atomic mass is 10.2. The van der Waals surface area contributed by atoms with E-state index in [0.29, 0.717) is 18.7 Å². The Morgan fingerprint density at radius 2 is 2.24 bits per heavy atom. The standard InChI is InChI=1S/C8H11N5O4/c14-7(9-3-6-10-12-13-11-6)4-1-2-5(17-4)8(15)16/h4-5H,1-3H2,(H,9,14)(H,15,16)(H,10,11,12,13)/t4-,5+/m0/s1. The van der Waals surface area contributed by atoms with Gasteiger partial charge in [0.1, 0.15) is 6.10 Å². The molecule has 17 heavy (non-hydrogen) atoms. The van der Waals surface area contributed by atoms with E-state index < -0.39 is 18.2 Å². The smallest absolute Gasteiger partial charge is 0.332 e. The summed E-state index contributed by atoms with van der Waals surface area (Å²) in [5, 5.41) is 24.2. The van der Waals surface area contributed by atoms with Crippen LogP contribution in [0.3, 0.4) is 0 Å². The van der Waals surface area contributed by atoms with Gasteiger partial charge in [-0.25, -0.2) is 4.79 Å². The summed E-state index contributed by atoms with van der Waals surface area (Å²) < 4.78 is 5.08. The summed E-state index contributed by atoms with van der Waals surface area (Å²) >= 11 is 0. The summed E-state index contributed by atoms with van der Waals surface area (Å²) in [5.41, 5.74) is 0. The van der Waals surface area contributed by atoms with Crippen LogP contribution < -0.4 is 5.32 Å². The van der Waals surface area contributed by atoms with Gasteiger partial charge in [-0.1, -0.05) is 5.21 Å². The van der Waals surface area contributed by atoms with Crippen molar-refractivity contribution in [1.29, 1.82) is 0 Å². The number of ether oxygens (including phenoxy) is 1. The lowest BCUT2D eigenvalue weighted by Gasteiger charge is -2.10. The molecule has 0 spiro atoms. The molecule has 1 aromatic rings. The van der Waals surface area contributed by atoms with E-state index in [0.717, 1.165) is 0 Å². The van der Waals surface area contributed by atoms with E-state index in [1.165, 1.54) is 0 Å². The van der Waals surface area contributed by atoms with Crippen molar-refractivity contribution in [3.05, 3.63) is 5.82 Å². The van der Waals surface area contributed by atoms with E-state index >= 15 is 0 Å². The van der Waals surface area contributed by atoms with Gasteiger partial charge in [-0.3, -0.25) is 4.79 Å². The monoisotopic (exact) mass is 241 g/mol. The highest BCUT2D eigenvalue weighted by atomic mass is 16.5. The highest BCUT2D eigenvalue weighted by molar-refractivity contribution is 5.82. The molecule has 0 aromatic carbocycles. The normalized spacial score (nSPS) is 23.5. The second-order valence-electron chi connectivity index (χ2n) is 3.57. The molecule has 1 amide bonds. The number of tetrazole rings is 1. The van der Waals surface area contributed by atoms with E-state index in [1.54, 1.807) is 0 Å². The summed E-state index contributed by atoms with van der Waals surface area (Å²) in [4.78, 5) is 22.2. The number of aromatic amines is 1. The van der Waals surface area contributed by atoms with E-state index in [2.05, 4.69) is 25.9 Å². The highest BCUT2D eigenvalue weighted by Gasteiger charge is 2.34. The molecule has 92 valence electrons. The zero-order chi connectivity index (χ0) is 12.3. The van der Waals surface area contributed by atoms with Crippen molar-refractivity contribution >= 4 is 11.9 Å². The maximum atomic E-state index is 11.6. The van der Waals surface area contributed by atoms with Crippen molar-refractivity contribution < 1.29 is 19.4 Å². The second-order valence-corrected chi connectivity index (χ2v) is 3.57. The number of carbonyl (C=O) groups is 2. The summed E-state index contributed by atoms with van der Waals surface area (Å²) in [6.45, 7) is 0.132. The summed E-state index contributed by atoms with van der Waals surface area (Å²) in [6.07, 6.45) is -0.871.